The Kier molecular flexibility index (Phi) is 4.74. The summed E-state index contributed by atoms with van der Waals surface area (Å²) in [4.78, 5) is 5.17. The molecule has 20 heavy (non-hydrogen) atoms. The number of hydrogen-bond acceptors (Lipinski definition) is 5. The molecule has 0 fully saturated rings. The van der Waals surface area contributed by atoms with Gasteiger partial charge in [0.05, 0.1) is 16.5 Å². The third-order valence-electron chi connectivity index (χ3n) is 2.53. The Bertz CT molecular complexity index is 680. The lowest BCUT2D eigenvalue weighted by molar-refractivity contribution is 0.339. The Balaban J connectivity index is 2.11. The van der Waals surface area contributed by atoms with Crippen molar-refractivity contribution in [1.29, 1.82) is 0 Å². The number of sulfonamides is 1. The molecule has 0 amide bonds. The molecule has 0 bridgehead atoms. The van der Waals surface area contributed by atoms with Gasteiger partial charge in [0.15, 0.2) is 0 Å². The second-order valence-corrected chi connectivity index (χ2v) is 7.16. The second kappa shape index (κ2) is 6.34. The van der Waals surface area contributed by atoms with Gasteiger partial charge in [-0.15, -0.1) is 11.3 Å². The summed E-state index contributed by atoms with van der Waals surface area (Å²) in [7, 11) is -3.54. The highest BCUT2D eigenvalue weighted by molar-refractivity contribution is 7.89. The van der Waals surface area contributed by atoms with E-state index in [1.807, 2.05) is 13.8 Å². The normalized spacial score (nSPS) is 11.5. The first-order valence-corrected chi connectivity index (χ1v) is 8.45. The van der Waals surface area contributed by atoms with Gasteiger partial charge in [-0.1, -0.05) is 6.07 Å². The van der Waals surface area contributed by atoms with Gasteiger partial charge in [-0.25, -0.2) is 18.1 Å². The average molecular weight is 312 g/mol. The molecule has 7 heteroatoms. The van der Waals surface area contributed by atoms with Crippen LogP contribution < -0.4 is 9.46 Å². The summed E-state index contributed by atoms with van der Waals surface area (Å²) in [5.74, 6) is 0.545. The summed E-state index contributed by atoms with van der Waals surface area (Å²) in [5.41, 5.74) is 0. The molecule has 0 unspecified atom stereocenters. The third kappa shape index (κ3) is 3.78. The van der Waals surface area contributed by atoms with Gasteiger partial charge in [-0.2, -0.15) is 0 Å². The minimum absolute atomic E-state index is 0.199. The molecule has 0 atom stereocenters. The molecular weight excluding hydrogens is 296 g/mol. The fraction of sp³-hybridized carbons (Fsp3) is 0.308. The third-order valence-corrected chi connectivity index (χ3v) is 4.84. The molecule has 0 aliphatic carbocycles. The Hall–Kier alpha value is -1.44. The minimum atomic E-state index is -3.54. The quantitative estimate of drug-likeness (QED) is 0.889. The molecule has 2 rings (SSSR count). The lowest BCUT2D eigenvalue weighted by Gasteiger charge is -2.08. The van der Waals surface area contributed by atoms with Crippen LogP contribution in [0, 0.1) is 6.92 Å². The summed E-state index contributed by atoms with van der Waals surface area (Å²) in [6, 6.07) is 6.46. The van der Waals surface area contributed by atoms with Crippen LogP contribution in [-0.4, -0.2) is 20.0 Å². The van der Waals surface area contributed by atoms with E-state index in [4.69, 9.17) is 4.74 Å². The van der Waals surface area contributed by atoms with Gasteiger partial charge >= 0.3 is 0 Å². The highest BCUT2D eigenvalue weighted by atomic mass is 32.2. The molecule has 0 radical (unpaired) electrons. The summed E-state index contributed by atoms with van der Waals surface area (Å²) in [6.07, 6.45) is 1.68. The predicted molar refractivity (Wildman–Crippen MR) is 78.5 cm³/mol. The maximum atomic E-state index is 12.2. The van der Waals surface area contributed by atoms with Gasteiger partial charge < -0.3 is 4.74 Å². The molecule has 1 aromatic heterocycles. The largest absolute Gasteiger partial charge is 0.494 e. The van der Waals surface area contributed by atoms with E-state index in [1.165, 1.54) is 17.4 Å². The average Bonchev–Trinajstić information content (AvgIpc) is 2.83. The lowest BCUT2D eigenvalue weighted by atomic mass is 10.3. The summed E-state index contributed by atoms with van der Waals surface area (Å²) < 4.78 is 32.2. The molecule has 2 aromatic rings. The first kappa shape index (κ1) is 15.0. The molecule has 0 saturated carbocycles. The Labute approximate surface area is 122 Å². The van der Waals surface area contributed by atoms with Crippen molar-refractivity contribution >= 4 is 21.4 Å². The van der Waals surface area contributed by atoms with Gasteiger partial charge in [0.2, 0.25) is 10.0 Å². The molecular formula is C13H16N2O3S2. The van der Waals surface area contributed by atoms with Crippen LogP contribution in [0.4, 0.5) is 0 Å². The second-order valence-electron chi connectivity index (χ2n) is 4.08. The zero-order valence-corrected chi connectivity index (χ0v) is 12.9. The van der Waals surface area contributed by atoms with Crippen LogP contribution in [0.15, 0.2) is 35.4 Å². The van der Waals surface area contributed by atoms with Crippen molar-refractivity contribution in [1.82, 2.24) is 9.71 Å². The first-order valence-electron chi connectivity index (χ1n) is 6.15. The predicted octanol–water partition coefficient (Wildman–Crippen LogP) is 2.33. The van der Waals surface area contributed by atoms with Crippen LogP contribution in [0.25, 0.3) is 0 Å². The van der Waals surface area contributed by atoms with Gasteiger partial charge in [0.1, 0.15) is 5.75 Å². The van der Waals surface area contributed by atoms with Crippen molar-refractivity contribution < 1.29 is 13.2 Å². The van der Waals surface area contributed by atoms with Gasteiger partial charge in [0.25, 0.3) is 0 Å². The van der Waals surface area contributed by atoms with Crippen LogP contribution in [0.1, 0.15) is 16.8 Å². The number of aromatic nitrogens is 1. The van der Waals surface area contributed by atoms with Crippen molar-refractivity contribution in [3.05, 3.63) is 40.3 Å². The number of benzene rings is 1. The van der Waals surface area contributed by atoms with Crippen molar-refractivity contribution in [2.45, 2.75) is 25.3 Å². The summed E-state index contributed by atoms with van der Waals surface area (Å²) >= 11 is 1.47. The van der Waals surface area contributed by atoms with E-state index >= 15 is 0 Å². The molecule has 1 heterocycles. The van der Waals surface area contributed by atoms with E-state index in [-0.39, 0.29) is 11.4 Å². The number of nitrogens with zero attached hydrogens (tertiary/aromatic N) is 1. The highest BCUT2D eigenvalue weighted by Gasteiger charge is 2.15. The zero-order valence-electron chi connectivity index (χ0n) is 11.3. The number of hydrogen-bond donors (Lipinski definition) is 1. The van der Waals surface area contributed by atoms with Crippen molar-refractivity contribution in [2.24, 2.45) is 0 Å². The number of nitrogens with one attached hydrogen (secondary N) is 1. The van der Waals surface area contributed by atoms with Crippen molar-refractivity contribution in [3.8, 4) is 5.75 Å². The lowest BCUT2D eigenvalue weighted by Crippen LogP contribution is -2.22. The van der Waals surface area contributed by atoms with E-state index in [2.05, 4.69) is 9.71 Å². The number of aryl methyl sites for hydroxylation is 1. The first-order chi connectivity index (χ1) is 9.51. The van der Waals surface area contributed by atoms with Crippen molar-refractivity contribution in [3.63, 3.8) is 0 Å². The topological polar surface area (TPSA) is 68.3 Å². The molecule has 0 aliphatic rings. The highest BCUT2D eigenvalue weighted by Crippen LogP contribution is 2.18. The van der Waals surface area contributed by atoms with Crippen LogP contribution in [0.2, 0.25) is 0 Å². The molecule has 0 saturated heterocycles. The van der Waals surface area contributed by atoms with E-state index in [0.717, 1.165) is 9.88 Å². The van der Waals surface area contributed by atoms with Crippen LogP contribution in [0.5, 0.6) is 5.75 Å². The molecule has 1 N–H and O–H groups in total. The number of rotatable bonds is 6. The number of thiazole rings is 1. The minimum Gasteiger partial charge on any atom is -0.494 e. The molecule has 0 spiro atoms. The standard InChI is InChI=1S/C13H16N2O3S2/c1-3-18-11-5-4-6-13(7-11)20(16,17)15-9-12-8-14-10(2)19-12/h4-8,15H,3,9H2,1-2H3. The van der Waals surface area contributed by atoms with E-state index in [0.29, 0.717) is 12.4 Å². The molecule has 1 aromatic carbocycles. The van der Waals surface area contributed by atoms with Gasteiger partial charge in [-0.3, -0.25) is 0 Å². The van der Waals surface area contributed by atoms with Gasteiger partial charge in [0, 0.05) is 23.7 Å². The Morgan fingerprint density at radius 1 is 1.40 bits per heavy atom. The molecule has 5 nitrogen and oxygen atoms in total. The fourth-order valence-corrected chi connectivity index (χ4v) is 3.50. The maximum absolute atomic E-state index is 12.2. The SMILES string of the molecule is CCOc1cccc(S(=O)(=O)NCc2cnc(C)s2)c1. The van der Waals surface area contributed by atoms with Crippen LogP contribution >= 0.6 is 11.3 Å². The fourth-order valence-electron chi connectivity index (χ4n) is 1.63. The number of ether oxygens (including phenoxy) is 1. The van der Waals surface area contributed by atoms with E-state index in [1.54, 1.807) is 24.4 Å². The Morgan fingerprint density at radius 3 is 2.85 bits per heavy atom. The molecule has 108 valence electrons. The van der Waals surface area contributed by atoms with Crippen LogP contribution in [0.3, 0.4) is 0 Å². The molecule has 0 aliphatic heterocycles. The maximum Gasteiger partial charge on any atom is 0.241 e. The van der Waals surface area contributed by atoms with Crippen LogP contribution in [-0.2, 0) is 16.6 Å². The summed E-state index contributed by atoms with van der Waals surface area (Å²) in [6.45, 7) is 4.48. The Morgan fingerprint density at radius 2 is 2.20 bits per heavy atom. The monoisotopic (exact) mass is 312 g/mol. The van der Waals surface area contributed by atoms with E-state index in [9.17, 15) is 8.42 Å². The van der Waals surface area contributed by atoms with E-state index < -0.39 is 10.0 Å². The van der Waals surface area contributed by atoms with Crippen molar-refractivity contribution in [2.75, 3.05) is 6.61 Å². The summed E-state index contributed by atoms with van der Waals surface area (Å²) in [5, 5.41) is 0.914. The smallest absolute Gasteiger partial charge is 0.241 e. The van der Waals surface area contributed by atoms with Gasteiger partial charge in [-0.05, 0) is 26.0 Å². The zero-order chi connectivity index (χ0) is 14.6.